The fraction of sp³-hybridized carbons (Fsp3) is 0.0500. The lowest BCUT2D eigenvalue weighted by molar-refractivity contribution is 0.617. The summed E-state index contributed by atoms with van der Waals surface area (Å²) in [6, 6.07) is 29.6. The minimum atomic E-state index is 0.172. The van der Waals surface area contributed by atoms with Gasteiger partial charge in [0.05, 0.1) is 5.71 Å². The molecule has 2 nitrogen and oxygen atoms in total. The molecule has 3 aromatic carbocycles. The van der Waals surface area contributed by atoms with Crippen molar-refractivity contribution in [2.75, 3.05) is 0 Å². The Bertz CT molecular complexity index is 807. The van der Waals surface area contributed by atoms with E-state index in [1.165, 1.54) is 22.3 Å². The van der Waals surface area contributed by atoms with Gasteiger partial charge in [0.2, 0.25) is 0 Å². The second kappa shape index (κ2) is 5.49. The van der Waals surface area contributed by atoms with Gasteiger partial charge in [-0.15, -0.1) is 0 Å². The minimum Gasteiger partial charge on any atom is -0.296 e. The highest BCUT2D eigenvalue weighted by Gasteiger charge is 2.26. The van der Waals surface area contributed by atoms with E-state index < -0.39 is 0 Å². The molecule has 1 heterocycles. The first-order chi connectivity index (χ1) is 10.9. The lowest BCUT2D eigenvalue weighted by Gasteiger charge is -2.28. The highest BCUT2D eigenvalue weighted by Crippen LogP contribution is 2.28. The van der Waals surface area contributed by atoms with Crippen molar-refractivity contribution in [1.82, 2.24) is 5.43 Å². The predicted octanol–water partition coefficient (Wildman–Crippen LogP) is 4.40. The van der Waals surface area contributed by atoms with E-state index in [2.05, 4.69) is 71.2 Å². The summed E-state index contributed by atoms with van der Waals surface area (Å²) in [6.07, 6.45) is 0. The first-order valence-corrected chi connectivity index (χ1v) is 7.46. The molecule has 1 unspecified atom stereocenters. The van der Waals surface area contributed by atoms with Gasteiger partial charge in [0.25, 0.3) is 0 Å². The van der Waals surface area contributed by atoms with E-state index in [1.807, 2.05) is 24.3 Å². The maximum atomic E-state index is 4.37. The standard InChI is InChI=1S/C20H16N2/c1-3-8-15(9-4-1)17-12-7-13-18(14-17)20-19(21-22-20)16-10-5-2-6-11-16/h1-14,20,22H. The number of nitrogens with one attached hydrogen (secondary N) is 1. The van der Waals surface area contributed by atoms with Gasteiger partial charge in [-0.05, 0) is 22.8 Å². The fourth-order valence-electron chi connectivity index (χ4n) is 2.79. The fourth-order valence-corrected chi connectivity index (χ4v) is 2.79. The van der Waals surface area contributed by atoms with Crippen LogP contribution in [0.3, 0.4) is 0 Å². The number of rotatable bonds is 3. The highest BCUT2D eigenvalue weighted by atomic mass is 15.4. The third kappa shape index (κ3) is 2.29. The van der Waals surface area contributed by atoms with E-state index in [-0.39, 0.29) is 6.04 Å². The van der Waals surface area contributed by atoms with Crippen LogP contribution in [0, 0.1) is 0 Å². The molecule has 0 saturated heterocycles. The van der Waals surface area contributed by atoms with Crippen molar-refractivity contribution in [1.29, 1.82) is 0 Å². The molecule has 106 valence electrons. The third-order valence-corrected chi connectivity index (χ3v) is 3.98. The Hall–Kier alpha value is -2.87. The molecule has 1 N–H and O–H groups in total. The molecular weight excluding hydrogens is 268 g/mol. The number of hydrogen-bond acceptors (Lipinski definition) is 2. The molecule has 0 aliphatic carbocycles. The van der Waals surface area contributed by atoms with Crippen LogP contribution in [0.4, 0.5) is 0 Å². The summed E-state index contributed by atoms with van der Waals surface area (Å²) < 4.78 is 0. The topological polar surface area (TPSA) is 24.4 Å². The van der Waals surface area contributed by atoms with Crippen LogP contribution in [-0.4, -0.2) is 5.71 Å². The summed E-state index contributed by atoms with van der Waals surface area (Å²) >= 11 is 0. The average Bonchev–Trinajstić information content (AvgIpc) is 2.56. The molecule has 1 aliphatic heterocycles. The zero-order valence-corrected chi connectivity index (χ0v) is 12.1. The van der Waals surface area contributed by atoms with Crippen molar-refractivity contribution in [3.63, 3.8) is 0 Å². The number of benzene rings is 3. The second-order valence-electron chi connectivity index (χ2n) is 5.42. The van der Waals surface area contributed by atoms with Crippen LogP contribution in [0.15, 0.2) is 90.0 Å². The van der Waals surface area contributed by atoms with Crippen molar-refractivity contribution in [3.05, 3.63) is 96.1 Å². The molecule has 2 heteroatoms. The molecular formula is C20H16N2. The van der Waals surface area contributed by atoms with Gasteiger partial charge < -0.3 is 0 Å². The van der Waals surface area contributed by atoms with Crippen molar-refractivity contribution in [2.45, 2.75) is 6.04 Å². The van der Waals surface area contributed by atoms with Gasteiger partial charge in [-0.3, -0.25) is 5.43 Å². The van der Waals surface area contributed by atoms with Gasteiger partial charge in [-0.2, -0.15) is 5.10 Å². The lowest BCUT2D eigenvalue weighted by atomic mass is 9.92. The Labute approximate surface area is 130 Å². The molecule has 1 atom stereocenters. The normalized spacial score (nSPS) is 16.4. The quantitative estimate of drug-likeness (QED) is 0.757. The average molecular weight is 284 g/mol. The van der Waals surface area contributed by atoms with Crippen molar-refractivity contribution < 1.29 is 0 Å². The van der Waals surface area contributed by atoms with E-state index in [0.29, 0.717) is 0 Å². The molecule has 0 amide bonds. The molecule has 0 spiro atoms. The largest absolute Gasteiger partial charge is 0.296 e. The van der Waals surface area contributed by atoms with Gasteiger partial charge in [-0.25, -0.2) is 0 Å². The van der Waals surface area contributed by atoms with Gasteiger partial charge in [0, 0.05) is 5.56 Å². The van der Waals surface area contributed by atoms with Gasteiger partial charge >= 0.3 is 0 Å². The Morgan fingerprint density at radius 2 is 1.27 bits per heavy atom. The molecule has 3 aromatic rings. The SMILES string of the molecule is c1ccc(C2=NNC2c2cccc(-c3ccccc3)c2)cc1. The molecule has 4 rings (SSSR count). The Morgan fingerprint density at radius 3 is 1.91 bits per heavy atom. The molecule has 0 aromatic heterocycles. The Balaban J connectivity index is 1.66. The third-order valence-electron chi connectivity index (χ3n) is 3.98. The Morgan fingerprint density at radius 1 is 0.636 bits per heavy atom. The smallest absolute Gasteiger partial charge is 0.113 e. The number of hydrazone groups is 1. The van der Waals surface area contributed by atoms with Crippen LogP contribution in [0.25, 0.3) is 11.1 Å². The van der Waals surface area contributed by atoms with E-state index in [0.717, 1.165) is 5.71 Å². The second-order valence-corrected chi connectivity index (χ2v) is 5.42. The summed E-state index contributed by atoms with van der Waals surface area (Å²) in [5.41, 5.74) is 9.18. The van der Waals surface area contributed by atoms with Gasteiger partial charge in [0.1, 0.15) is 6.04 Å². The van der Waals surface area contributed by atoms with Crippen LogP contribution in [0.2, 0.25) is 0 Å². The summed E-state index contributed by atoms with van der Waals surface area (Å²) in [5.74, 6) is 0. The van der Waals surface area contributed by atoms with Gasteiger partial charge in [-0.1, -0.05) is 78.9 Å². The van der Waals surface area contributed by atoms with E-state index in [1.54, 1.807) is 0 Å². The molecule has 0 radical (unpaired) electrons. The van der Waals surface area contributed by atoms with Crippen LogP contribution in [-0.2, 0) is 0 Å². The maximum Gasteiger partial charge on any atom is 0.113 e. The monoisotopic (exact) mass is 284 g/mol. The van der Waals surface area contributed by atoms with Crippen LogP contribution in [0.1, 0.15) is 17.2 Å². The van der Waals surface area contributed by atoms with E-state index in [4.69, 9.17) is 0 Å². The number of hydrogen-bond donors (Lipinski definition) is 1. The highest BCUT2D eigenvalue weighted by molar-refractivity contribution is 6.07. The van der Waals surface area contributed by atoms with Crippen molar-refractivity contribution >= 4 is 5.71 Å². The maximum absolute atomic E-state index is 4.37. The zero-order valence-electron chi connectivity index (χ0n) is 12.1. The van der Waals surface area contributed by atoms with Crippen LogP contribution < -0.4 is 5.43 Å². The van der Waals surface area contributed by atoms with Crippen LogP contribution in [0.5, 0.6) is 0 Å². The van der Waals surface area contributed by atoms with Gasteiger partial charge in [0.15, 0.2) is 0 Å². The first-order valence-electron chi connectivity index (χ1n) is 7.46. The number of nitrogens with zero attached hydrogens (tertiary/aromatic N) is 1. The lowest BCUT2D eigenvalue weighted by Crippen LogP contribution is -2.36. The summed E-state index contributed by atoms with van der Waals surface area (Å²) in [7, 11) is 0. The Kier molecular flexibility index (Phi) is 3.20. The minimum absolute atomic E-state index is 0.172. The van der Waals surface area contributed by atoms with Crippen molar-refractivity contribution in [3.8, 4) is 11.1 Å². The predicted molar refractivity (Wildman–Crippen MR) is 90.7 cm³/mol. The molecule has 22 heavy (non-hydrogen) atoms. The first kappa shape index (κ1) is 12.8. The molecule has 0 bridgehead atoms. The van der Waals surface area contributed by atoms with Crippen LogP contribution >= 0.6 is 0 Å². The summed E-state index contributed by atoms with van der Waals surface area (Å²) in [5, 5.41) is 4.37. The molecule has 1 aliphatic rings. The summed E-state index contributed by atoms with van der Waals surface area (Å²) in [4.78, 5) is 0. The molecule has 0 saturated carbocycles. The van der Waals surface area contributed by atoms with E-state index in [9.17, 15) is 0 Å². The molecule has 0 fully saturated rings. The zero-order chi connectivity index (χ0) is 14.8. The van der Waals surface area contributed by atoms with E-state index >= 15 is 0 Å². The van der Waals surface area contributed by atoms with Crippen molar-refractivity contribution in [2.24, 2.45) is 5.10 Å². The summed E-state index contributed by atoms with van der Waals surface area (Å²) in [6.45, 7) is 0.